The number of nitrogen functional groups attached to an aromatic ring is 1. The van der Waals surface area contributed by atoms with Crippen LogP contribution in [-0.2, 0) is 6.54 Å². The molecule has 5 nitrogen and oxygen atoms in total. The molecule has 6 heteroatoms. The first-order chi connectivity index (χ1) is 11.6. The fourth-order valence-electron chi connectivity index (χ4n) is 2.85. The zero-order chi connectivity index (χ0) is 17.5. The van der Waals surface area contributed by atoms with Gasteiger partial charge in [-0.15, -0.1) is 0 Å². The lowest BCUT2D eigenvalue weighted by molar-refractivity contribution is 0.100. The number of primary amides is 1. The number of carbonyl (C=O) groups is 1. The number of aromatic nitrogens is 2. The van der Waals surface area contributed by atoms with Gasteiger partial charge in [-0.05, 0) is 12.5 Å². The Labute approximate surface area is 148 Å². The molecule has 1 aromatic carbocycles. The van der Waals surface area contributed by atoms with Gasteiger partial charge in [-0.1, -0.05) is 68.8 Å². The van der Waals surface area contributed by atoms with E-state index in [9.17, 15) is 4.79 Å². The van der Waals surface area contributed by atoms with Gasteiger partial charge in [0, 0.05) is 17.1 Å². The van der Waals surface area contributed by atoms with Gasteiger partial charge in [0.2, 0.25) is 0 Å². The third kappa shape index (κ3) is 4.29. The van der Waals surface area contributed by atoms with Crippen LogP contribution in [0.25, 0.3) is 11.3 Å². The van der Waals surface area contributed by atoms with Crippen molar-refractivity contribution in [3.8, 4) is 11.3 Å². The first-order valence-corrected chi connectivity index (χ1v) is 8.85. The van der Waals surface area contributed by atoms with Gasteiger partial charge in [-0.25, -0.2) is 0 Å². The Balaban J connectivity index is 2.24. The van der Waals surface area contributed by atoms with Crippen molar-refractivity contribution in [3.05, 3.63) is 34.9 Å². The quantitative estimate of drug-likeness (QED) is 0.664. The van der Waals surface area contributed by atoms with E-state index >= 15 is 0 Å². The molecule has 24 heavy (non-hydrogen) atoms. The lowest BCUT2D eigenvalue weighted by Gasteiger charge is -2.10. The van der Waals surface area contributed by atoms with E-state index in [4.69, 9.17) is 23.1 Å². The van der Waals surface area contributed by atoms with Crippen molar-refractivity contribution in [2.24, 2.45) is 5.73 Å². The Bertz CT molecular complexity index is 696. The normalized spacial score (nSPS) is 10.9. The lowest BCUT2D eigenvalue weighted by atomic mass is 10.1. The number of hydrogen-bond donors (Lipinski definition) is 2. The van der Waals surface area contributed by atoms with E-state index in [2.05, 4.69) is 12.0 Å². The topological polar surface area (TPSA) is 86.9 Å². The summed E-state index contributed by atoms with van der Waals surface area (Å²) in [5.74, 6) is -0.431. The van der Waals surface area contributed by atoms with Crippen LogP contribution in [0.5, 0.6) is 0 Å². The maximum Gasteiger partial charge on any atom is 0.254 e. The number of carbonyl (C=O) groups excluding carboxylic acids is 1. The van der Waals surface area contributed by atoms with Crippen molar-refractivity contribution in [3.63, 3.8) is 0 Å². The number of amides is 1. The van der Waals surface area contributed by atoms with E-state index in [-0.39, 0.29) is 11.4 Å². The Hall–Kier alpha value is -2.01. The van der Waals surface area contributed by atoms with Gasteiger partial charge in [-0.2, -0.15) is 5.10 Å². The molecule has 0 atom stereocenters. The van der Waals surface area contributed by atoms with E-state index in [1.807, 2.05) is 18.2 Å². The molecular formula is C18H25ClN4O. The minimum absolute atomic E-state index is 0.156. The Morgan fingerprint density at radius 2 is 1.83 bits per heavy atom. The maximum absolute atomic E-state index is 11.8. The minimum atomic E-state index is -0.586. The van der Waals surface area contributed by atoms with Crippen LogP contribution < -0.4 is 11.5 Å². The number of unbranched alkanes of at least 4 members (excludes halogenated alkanes) is 5. The van der Waals surface area contributed by atoms with Crippen LogP contribution in [0, 0.1) is 0 Å². The summed E-state index contributed by atoms with van der Waals surface area (Å²) in [5.41, 5.74) is 13.0. The lowest BCUT2D eigenvalue weighted by Crippen LogP contribution is -2.14. The summed E-state index contributed by atoms with van der Waals surface area (Å²) in [6.07, 6.45) is 7.05. The number of nitrogens with two attached hydrogens (primary N) is 2. The van der Waals surface area contributed by atoms with Crippen molar-refractivity contribution in [1.29, 1.82) is 0 Å². The second-order valence-corrected chi connectivity index (χ2v) is 6.35. The standard InChI is InChI=1S/C18H25ClN4O/c1-2-3-4-5-6-9-12-23-16(13-10-7-8-11-14(13)19)15(18(21)24)17(20)22-23/h7-8,10-11H,2-6,9,12H2,1H3,(H2,20,22)(H2,21,24). The van der Waals surface area contributed by atoms with Crippen LogP contribution in [0.1, 0.15) is 55.8 Å². The number of rotatable bonds is 9. The predicted molar refractivity (Wildman–Crippen MR) is 99.0 cm³/mol. The molecule has 0 saturated carbocycles. The average Bonchev–Trinajstić information content (AvgIpc) is 2.87. The zero-order valence-electron chi connectivity index (χ0n) is 14.1. The molecule has 0 bridgehead atoms. The molecule has 0 saturated heterocycles. The van der Waals surface area contributed by atoms with E-state index in [0.717, 1.165) is 18.4 Å². The van der Waals surface area contributed by atoms with Crippen LogP contribution in [0.2, 0.25) is 5.02 Å². The average molecular weight is 349 g/mol. The van der Waals surface area contributed by atoms with Crippen molar-refractivity contribution in [2.75, 3.05) is 5.73 Å². The molecule has 0 radical (unpaired) electrons. The SMILES string of the molecule is CCCCCCCCn1nc(N)c(C(N)=O)c1-c1ccccc1Cl. The van der Waals surface area contributed by atoms with Gasteiger partial charge in [0.25, 0.3) is 5.91 Å². The van der Waals surface area contributed by atoms with E-state index in [0.29, 0.717) is 17.3 Å². The fourth-order valence-corrected chi connectivity index (χ4v) is 3.08. The number of hydrogen-bond acceptors (Lipinski definition) is 3. The Kier molecular flexibility index (Phi) is 6.67. The van der Waals surface area contributed by atoms with Crippen molar-refractivity contribution >= 4 is 23.3 Å². The summed E-state index contributed by atoms with van der Waals surface area (Å²) in [5, 5.41) is 4.86. The van der Waals surface area contributed by atoms with Gasteiger partial charge in [0.1, 0.15) is 5.56 Å². The second-order valence-electron chi connectivity index (χ2n) is 5.94. The van der Waals surface area contributed by atoms with Gasteiger partial charge in [-0.3, -0.25) is 9.48 Å². The first kappa shape index (κ1) is 18.3. The number of anilines is 1. The molecule has 1 heterocycles. The molecular weight excluding hydrogens is 324 g/mol. The van der Waals surface area contributed by atoms with Crippen molar-refractivity contribution in [1.82, 2.24) is 9.78 Å². The van der Waals surface area contributed by atoms with E-state index in [1.165, 1.54) is 25.7 Å². The van der Waals surface area contributed by atoms with Crippen molar-refractivity contribution in [2.45, 2.75) is 52.0 Å². The van der Waals surface area contributed by atoms with Gasteiger partial charge in [0.05, 0.1) is 5.69 Å². The number of aryl methyl sites for hydroxylation is 1. The Morgan fingerprint density at radius 3 is 2.50 bits per heavy atom. The summed E-state index contributed by atoms with van der Waals surface area (Å²) < 4.78 is 1.76. The maximum atomic E-state index is 11.8. The molecule has 130 valence electrons. The van der Waals surface area contributed by atoms with Crippen LogP contribution in [0.4, 0.5) is 5.82 Å². The van der Waals surface area contributed by atoms with Crippen LogP contribution in [0.15, 0.2) is 24.3 Å². The smallest absolute Gasteiger partial charge is 0.254 e. The molecule has 1 aromatic heterocycles. The number of halogens is 1. The summed E-state index contributed by atoms with van der Waals surface area (Å²) in [7, 11) is 0. The molecule has 2 rings (SSSR count). The molecule has 0 aliphatic rings. The van der Waals surface area contributed by atoms with Crippen LogP contribution in [0.3, 0.4) is 0 Å². The van der Waals surface area contributed by atoms with Crippen molar-refractivity contribution < 1.29 is 4.79 Å². The summed E-state index contributed by atoms with van der Waals surface area (Å²) in [4.78, 5) is 11.8. The molecule has 0 spiro atoms. The highest BCUT2D eigenvalue weighted by molar-refractivity contribution is 6.33. The number of benzene rings is 1. The molecule has 0 aliphatic heterocycles. The van der Waals surface area contributed by atoms with Gasteiger partial charge < -0.3 is 11.5 Å². The highest BCUT2D eigenvalue weighted by Crippen LogP contribution is 2.33. The first-order valence-electron chi connectivity index (χ1n) is 8.47. The monoisotopic (exact) mass is 348 g/mol. The summed E-state index contributed by atoms with van der Waals surface area (Å²) >= 11 is 6.30. The van der Waals surface area contributed by atoms with Gasteiger partial charge >= 0.3 is 0 Å². The third-order valence-corrected chi connectivity index (χ3v) is 4.41. The molecule has 1 amide bonds. The largest absolute Gasteiger partial charge is 0.382 e. The Morgan fingerprint density at radius 1 is 1.17 bits per heavy atom. The second kappa shape index (κ2) is 8.73. The highest BCUT2D eigenvalue weighted by Gasteiger charge is 2.23. The van der Waals surface area contributed by atoms with E-state index < -0.39 is 5.91 Å². The molecule has 4 N–H and O–H groups in total. The highest BCUT2D eigenvalue weighted by atomic mass is 35.5. The predicted octanol–water partition coefficient (Wildman–Crippen LogP) is 4.25. The van der Waals surface area contributed by atoms with Crippen LogP contribution >= 0.6 is 11.6 Å². The fraction of sp³-hybridized carbons (Fsp3) is 0.444. The third-order valence-electron chi connectivity index (χ3n) is 4.08. The molecule has 2 aromatic rings. The zero-order valence-corrected chi connectivity index (χ0v) is 14.9. The van der Waals surface area contributed by atoms with E-state index in [1.54, 1.807) is 10.7 Å². The molecule has 0 unspecified atom stereocenters. The van der Waals surface area contributed by atoms with Gasteiger partial charge in [0.15, 0.2) is 5.82 Å². The minimum Gasteiger partial charge on any atom is -0.382 e. The number of nitrogens with zero attached hydrogens (tertiary/aromatic N) is 2. The summed E-state index contributed by atoms with van der Waals surface area (Å²) in [6, 6.07) is 7.33. The summed E-state index contributed by atoms with van der Waals surface area (Å²) in [6.45, 7) is 2.89. The molecule has 0 fully saturated rings. The molecule has 0 aliphatic carbocycles. The van der Waals surface area contributed by atoms with Crippen LogP contribution in [-0.4, -0.2) is 15.7 Å².